The lowest BCUT2D eigenvalue weighted by Gasteiger charge is -2.32. The van der Waals surface area contributed by atoms with Crippen LogP contribution in [0.2, 0.25) is 0 Å². The third-order valence-electron chi connectivity index (χ3n) is 5.74. The molecule has 1 unspecified atom stereocenters. The van der Waals surface area contributed by atoms with Crippen LogP contribution in [0.25, 0.3) is 6.08 Å². The number of ether oxygens (including phenoxy) is 2. The highest BCUT2D eigenvalue weighted by molar-refractivity contribution is 5.98. The Labute approximate surface area is 175 Å². The summed E-state index contributed by atoms with van der Waals surface area (Å²) >= 11 is 0. The molecule has 1 aromatic rings. The largest absolute Gasteiger partial charge is 0.492 e. The molecule has 1 aromatic carbocycles. The maximum atomic E-state index is 12.2. The van der Waals surface area contributed by atoms with Crippen LogP contribution in [0.5, 0.6) is 11.5 Å². The van der Waals surface area contributed by atoms with E-state index in [1.165, 1.54) is 31.5 Å². The first kappa shape index (κ1) is 21.6. The van der Waals surface area contributed by atoms with E-state index in [1.807, 2.05) is 12.1 Å². The van der Waals surface area contributed by atoms with Gasteiger partial charge < -0.3 is 14.4 Å². The molecule has 2 heterocycles. The fourth-order valence-electron chi connectivity index (χ4n) is 4.06. The van der Waals surface area contributed by atoms with Crippen LogP contribution >= 0.6 is 0 Å². The lowest BCUT2D eigenvalue weighted by Crippen LogP contribution is -2.32. The standard InChI is InChI=1S/C25H35NO3/c1-19(2)9-7-13-25(4)14-12-22-23(29-25)11-10-21(20(3)27)24(22)28-18-8-17-26-15-5-6-16-26/h9-12,14H,5-8,13,15-18H2,1-4H3. The highest BCUT2D eigenvalue weighted by atomic mass is 16.5. The zero-order valence-corrected chi connectivity index (χ0v) is 18.4. The van der Waals surface area contributed by atoms with Crippen LogP contribution in [0.15, 0.2) is 29.9 Å². The molecule has 1 atom stereocenters. The number of ketones is 1. The van der Waals surface area contributed by atoms with E-state index < -0.39 is 0 Å². The van der Waals surface area contributed by atoms with Crippen LogP contribution in [0, 0.1) is 0 Å². The lowest BCUT2D eigenvalue weighted by molar-refractivity contribution is 0.101. The molecule has 29 heavy (non-hydrogen) atoms. The zero-order chi connectivity index (χ0) is 20.9. The van der Waals surface area contributed by atoms with E-state index in [9.17, 15) is 4.79 Å². The second-order valence-electron chi connectivity index (χ2n) is 8.73. The van der Waals surface area contributed by atoms with Gasteiger partial charge in [-0.3, -0.25) is 4.79 Å². The van der Waals surface area contributed by atoms with Crippen LogP contribution in [0.4, 0.5) is 0 Å². The molecule has 2 aliphatic heterocycles. The van der Waals surface area contributed by atoms with Gasteiger partial charge in [0.25, 0.3) is 0 Å². The Hall–Kier alpha value is -2.07. The Balaban J connectivity index is 1.71. The molecule has 0 aromatic heterocycles. The number of carbonyl (C=O) groups excluding carboxylic acids is 1. The van der Waals surface area contributed by atoms with Crippen molar-refractivity contribution in [1.29, 1.82) is 0 Å². The van der Waals surface area contributed by atoms with Crippen molar-refractivity contribution >= 4 is 11.9 Å². The third-order valence-corrected chi connectivity index (χ3v) is 5.74. The summed E-state index contributed by atoms with van der Waals surface area (Å²) in [6, 6.07) is 3.75. The molecule has 0 bridgehead atoms. The number of likely N-dealkylation sites (tertiary alicyclic amines) is 1. The van der Waals surface area contributed by atoms with Crippen molar-refractivity contribution in [3.05, 3.63) is 41.0 Å². The Morgan fingerprint density at radius 2 is 2.00 bits per heavy atom. The monoisotopic (exact) mass is 397 g/mol. The summed E-state index contributed by atoms with van der Waals surface area (Å²) in [4.78, 5) is 14.6. The average molecular weight is 398 g/mol. The molecular formula is C25H35NO3. The van der Waals surface area contributed by atoms with Gasteiger partial charge >= 0.3 is 0 Å². The smallest absolute Gasteiger partial charge is 0.163 e. The van der Waals surface area contributed by atoms with Gasteiger partial charge in [-0.15, -0.1) is 0 Å². The second kappa shape index (κ2) is 9.62. The highest BCUT2D eigenvalue weighted by Gasteiger charge is 2.29. The molecule has 1 saturated heterocycles. The predicted molar refractivity (Wildman–Crippen MR) is 119 cm³/mol. The number of benzene rings is 1. The lowest BCUT2D eigenvalue weighted by atomic mass is 9.93. The number of rotatable bonds is 9. The van der Waals surface area contributed by atoms with Gasteiger partial charge in [0.2, 0.25) is 0 Å². The highest BCUT2D eigenvalue weighted by Crippen LogP contribution is 2.40. The molecule has 3 rings (SSSR count). The number of nitrogens with zero attached hydrogens (tertiary/aromatic N) is 1. The quantitative estimate of drug-likeness (QED) is 0.306. The number of fused-ring (bicyclic) bond motifs is 1. The molecule has 0 saturated carbocycles. The molecule has 0 amide bonds. The van der Waals surface area contributed by atoms with Crippen molar-refractivity contribution in [3.63, 3.8) is 0 Å². The van der Waals surface area contributed by atoms with Crippen molar-refractivity contribution in [2.24, 2.45) is 0 Å². The number of Topliss-reactive ketones (excluding diaryl/α,β-unsaturated/α-hetero) is 1. The van der Waals surface area contributed by atoms with Crippen molar-refractivity contribution in [1.82, 2.24) is 4.90 Å². The molecule has 0 spiro atoms. The maximum Gasteiger partial charge on any atom is 0.163 e. The predicted octanol–water partition coefficient (Wildman–Crippen LogP) is 5.66. The Kier molecular flexibility index (Phi) is 7.18. The summed E-state index contributed by atoms with van der Waals surface area (Å²) in [7, 11) is 0. The first-order valence-electron chi connectivity index (χ1n) is 10.9. The number of carbonyl (C=O) groups is 1. The summed E-state index contributed by atoms with van der Waals surface area (Å²) < 4.78 is 12.5. The number of hydrogen-bond donors (Lipinski definition) is 0. The summed E-state index contributed by atoms with van der Waals surface area (Å²) in [6.45, 7) is 12.0. The van der Waals surface area contributed by atoms with Gasteiger partial charge in [-0.2, -0.15) is 0 Å². The van der Waals surface area contributed by atoms with E-state index in [1.54, 1.807) is 6.92 Å². The minimum absolute atomic E-state index is 0.0210. The van der Waals surface area contributed by atoms with E-state index in [0.29, 0.717) is 17.9 Å². The van der Waals surface area contributed by atoms with E-state index in [-0.39, 0.29) is 11.4 Å². The van der Waals surface area contributed by atoms with Crippen molar-refractivity contribution < 1.29 is 14.3 Å². The fourth-order valence-corrected chi connectivity index (χ4v) is 4.06. The topological polar surface area (TPSA) is 38.8 Å². The Bertz CT molecular complexity index is 786. The van der Waals surface area contributed by atoms with Crippen LogP contribution in [-0.2, 0) is 0 Å². The molecule has 2 aliphatic rings. The Morgan fingerprint density at radius 1 is 1.24 bits per heavy atom. The van der Waals surface area contributed by atoms with Gasteiger partial charge in [-0.25, -0.2) is 0 Å². The van der Waals surface area contributed by atoms with E-state index in [4.69, 9.17) is 9.47 Å². The van der Waals surface area contributed by atoms with E-state index in [0.717, 1.165) is 37.1 Å². The molecule has 4 nitrogen and oxygen atoms in total. The van der Waals surface area contributed by atoms with Crippen LogP contribution in [0.1, 0.15) is 75.7 Å². The summed E-state index contributed by atoms with van der Waals surface area (Å²) in [5.41, 5.74) is 2.50. The number of hydrogen-bond acceptors (Lipinski definition) is 4. The maximum absolute atomic E-state index is 12.2. The van der Waals surface area contributed by atoms with Gasteiger partial charge in [0, 0.05) is 6.54 Å². The second-order valence-corrected chi connectivity index (χ2v) is 8.73. The average Bonchev–Trinajstić information content (AvgIpc) is 3.17. The third kappa shape index (κ3) is 5.72. The molecule has 0 aliphatic carbocycles. The fraction of sp³-hybridized carbons (Fsp3) is 0.560. The molecule has 0 radical (unpaired) electrons. The Morgan fingerprint density at radius 3 is 2.69 bits per heavy atom. The molecule has 1 fully saturated rings. The van der Waals surface area contributed by atoms with Crippen molar-refractivity contribution in [2.45, 2.75) is 65.4 Å². The molecular weight excluding hydrogens is 362 g/mol. The molecule has 4 heteroatoms. The normalized spacial score (nSPS) is 20.8. The molecule has 158 valence electrons. The van der Waals surface area contributed by atoms with Gasteiger partial charge in [0.05, 0.1) is 17.7 Å². The summed E-state index contributed by atoms with van der Waals surface area (Å²) in [6.07, 6.45) is 11.9. The van der Waals surface area contributed by atoms with Crippen molar-refractivity contribution in [2.75, 3.05) is 26.2 Å². The minimum atomic E-state index is -0.344. The zero-order valence-electron chi connectivity index (χ0n) is 18.4. The van der Waals surface area contributed by atoms with Crippen LogP contribution < -0.4 is 9.47 Å². The first-order valence-corrected chi connectivity index (χ1v) is 10.9. The van der Waals surface area contributed by atoms with Crippen LogP contribution in [-0.4, -0.2) is 42.5 Å². The van der Waals surface area contributed by atoms with Gasteiger partial charge in [-0.1, -0.05) is 11.6 Å². The van der Waals surface area contributed by atoms with Crippen LogP contribution in [0.3, 0.4) is 0 Å². The van der Waals surface area contributed by atoms with Gasteiger partial charge in [0.1, 0.15) is 17.1 Å². The SMILES string of the molecule is CC(=O)c1ccc2c(c1OCCCN1CCCC1)C=CC(C)(CCC=C(C)C)O2. The van der Waals surface area contributed by atoms with Crippen molar-refractivity contribution in [3.8, 4) is 11.5 Å². The van der Waals surface area contributed by atoms with Gasteiger partial charge in [-0.05, 0) is 97.2 Å². The van der Waals surface area contributed by atoms with E-state index >= 15 is 0 Å². The van der Waals surface area contributed by atoms with E-state index in [2.05, 4.69) is 43.9 Å². The summed E-state index contributed by atoms with van der Waals surface area (Å²) in [5.74, 6) is 1.48. The van der Waals surface area contributed by atoms with Gasteiger partial charge in [0.15, 0.2) is 5.78 Å². The summed E-state index contributed by atoms with van der Waals surface area (Å²) in [5, 5.41) is 0. The minimum Gasteiger partial charge on any atom is -0.492 e. The molecule has 0 N–H and O–H groups in total. The number of allylic oxidation sites excluding steroid dienone is 2. The first-order chi connectivity index (χ1) is 13.9.